The molecule has 142 valence electrons. The zero-order valence-electron chi connectivity index (χ0n) is 15.0. The van der Waals surface area contributed by atoms with Crippen LogP contribution in [-0.4, -0.2) is 35.8 Å². The number of amides is 1. The molecular weight excluding hydrogens is 346 g/mol. The van der Waals surface area contributed by atoms with Gasteiger partial charge in [-0.2, -0.15) is 5.10 Å². The number of aromatic carboxylic acids is 1. The molecule has 1 amide bonds. The van der Waals surface area contributed by atoms with Gasteiger partial charge in [-0.3, -0.25) is 4.79 Å². The Hall–Kier alpha value is -2.93. The van der Waals surface area contributed by atoms with Crippen LogP contribution in [0.5, 0.6) is 0 Å². The lowest BCUT2D eigenvalue weighted by molar-refractivity contribution is -0.120. The first-order valence-electron chi connectivity index (χ1n) is 9.10. The third-order valence-corrected chi connectivity index (χ3v) is 4.58. The number of carboxylic acids is 1. The summed E-state index contributed by atoms with van der Waals surface area (Å²) in [7, 11) is 0. The third-order valence-electron chi connectivity index (χ3n) is 4.58. The van der Waals surface area contributed by atoms with Crippen LogP contribution >= 0.6 is 0 Å². The van der Waals surface area contributed by atoms with Gasteiger partial charge in [-0.1, -0.05) is 31.4 Å². The van der Waals surface area contributed by atoms with Gasteiger partial charge in [-0.05, 0) is 37.1 Å². The van der Waals surface area contributed by atoms with E-state index in [0.717, 1.165) is 18.4 Å². The smallest absolute Gasteiger partial charge is 0.335 e. The normalized spacial score (nSPS) is 15.1. The minimum Gasteiger partial charge on any atom is -0.478 e. The van der Waals surface area contributed by atoms with Crippen molar-refractivity contribution in [1.82, 2.24) is 10.7 Å². The molecule has 1 fully saturated rings. The van der Waals surface area contributed by atoms with Crippen LogP contribution in [0.15, 0.2) is 45.9 Å². The molecule has 0 spiro atoms. The van der Waals surface area contributed by atoms with Crippen molar-refractivity contribution < 1.29 is 19.1 Å². The fourth-order valence-corrected chi connectivity index (χ4v) is 3.11. The zero-order chi connectivity index (χ0) is 19.1. The number of carbonyl (C=O) groups excluding carboxylic acids is 1. The molecule has 0 unspecified atom stereocenters. The fraction of sp³-hybridized carbons (Fsp3) is 0.350. The van der Waals surface area contributed by atoms with Gasteiger partial charge in [-0.25, -0.2) is 10.2 Å². The first-order valence-corrected chi connectivity index (χ1v) is 9.10. The average molecular weight is 369 g/mol. The Morgan fingerprint density at radius 1 is 1.11 bits per heavy atom. The SMILES string of the molecule is O=C(CNC1CCCCC1)N/N=C\c1ccc(-c2ccc(C(=O)O)cc2)o1. The molecule has 27 heavy (non-hydrogen) atoms. The van der Waals surface area contributed by atoms with E-state index in [1.54, 1.807) is 24.3 Å². The van der Waals surface area contributed by atoms with Crippen LogP contribution in [-0.2, 0) is 4.79 Å². The Morgan fingerprint density at radius 2 is 1.85 bits per heavy atom. The number of rotatable bonds is 7. The van der Waals surface area contributed by atoms with E-state index in [0.29, 0.717) is 17.6 Å². The molecule has 3 rings (SSSR count). The number of hydrazone groups is 1. The molecule has 0 bridgehead atoms. The lowest BCUT2D eigenvalue weighted by Crippen LogP contribution is -2.38. The number of hydrogen-bond donors (Lipinski definition) is 3. The van der Waals surface area contributed by atoms with Crippen molar-refractivity contribution >= 4 is 18.1 Å². The predicted octanol–water partition coefficient (Wildman–Crippen LogP) is 3.02. The van der Waals surface area contributed by atoms with E-state index in [9.17, 15) is 9.59 Å². The summed E-state index contributed by atoms with van der Waals surface area (Å²) in [6.45, 7) is 0.251. The number of furan rings is 1. The minimum atomic E-state index is -0.970. The summed E-state index contributed by atoms with van der Waals surface area (Å²) in [5.41, 5.74) is 3.47. The summed E-state index contributed by atoms with van der Waals surface area (Å²) in [6.07, 6.45) is 7.41. The molecule has 0 atom stereocenters. The van der Waals surface area contributed by atoms with Crippen molar-refractivity contribution in [3.8, 4) is 11.3 Å². The predicted molar refractivity (Wildman–Crippen MR) is 102 cm³/mol. The van der Waals surface area contributed by atoms with E-state index in [2.05, 4.69) is 15.8 Å². The molecule has 3 N–H and O–H groups in total. The molecule has 7 heteroatoms. The van der Waals surface area contributed by atoms with E-state index in [1.165, 1.54) is 37.6 Å². The molecule has 1 aromatic heterocycles. The molecular formula is C20H23N3O4. The van der Waals surface area contributed by atoms with Crippen molar-refractivity contribution in [2.45, 2.75) is 38.1 Å². The van der Waals surface area contributed by atoms with Crippen molar-refractivity contribution in [3.63, 3.8) is 0 Å². The second-order valence-corrected chi connectivity index (χ2v) is 6.59. The Bertz CT molecular complexity index is 805. The number of nitrogens with one attached hydrogen (secondary N) is 2. The second kappa shape index (κ2) is 9.14. The van der Waals surface area contributed by atoms with E-state index in [1.807, 2.05) is 0 Å². The van der Waals surface area contributed by atoms with Crippen molar-refractivity contribution in [2.75, 3.05) is 6.54 Å². The van der Waals surface area contributed by atoms with Gasteiger partial charge >= 0.3 is 5.97 Å². The molecule has 1 heterocycles. The van der Waals surface area contributed by atoms with Crippen LogP contribution in [0.2, 0.25) is 0 Å². The molecule has 1 saturated carbocycles. The summed E-state index contributed by atoms with van der Waals surface area (Å²) in [5, 5.41) is 16.1. The lowest BCUT2D eigenvalue weighted by Gasteiger charge is -2.22. The van der Waals surface area contributed by atoms with E-state index in [4.69, 9.17) is 9.52 Å². The average Bonchev–Trinajstić information content (AvgIpc) is 3.16. The van der Waals surface area contributed by atoms with Crippen molar-refractivity contribution in [3.05, 3.63) is 47.7 Å². The van der Waals surface area contributed by atoms with Crippen LogP contribution < -0.4 is 10.7 Å². The van der Waals surface area contributed by atoms with Gasteiger partial charge in [0.05, 0.1) is 18.3 Å². The number of nitrogens with zero attached hydrogens (tertiary/aromatic N) is 1. The Labute approximate surface area is 157 Å². The van der Waals surface area contributed by atoms with E-state index < -0.39 is 5.97 Å². The van der Waals surface area contributed by atoms with Crippen LogP contribution in [0, 0.1) is 0 Å². The summed E-state index contributed by atoms with van der Waals surface area (Å²) in [5.74, 6) is -0.0677. The van der Waals surface area contributed by atoms with Crippen molar-refractivity contribution in [2.24, 2.45) is 5.10 Å². The Kier molecular flexibility index (Phi) is 6.38. The molecule has 2 aromatic rings. The number of benzene rings is 1. The Morgan fingerprint density at radius 3 is 2.56 bits per heavy atom. The zero-order valence-corrected chi connectivity index (χ0v) is 15.0. The molecule has 0 saturated heterocycles. The maximum absolute atomic E-state index is 11.8. The van der Waals surface area contributed by atoms with Gasteiger partial charge in [0.25, 0.3) is 5.91 Å². The van der Waals surface area contributed by atoms with Gasteiger partial charge in [0.1, 0.15) is 11.5 Å². The highest BCUT2D eigenvalue weighted by Gasteiger charge is 2.13. The van der Waals surface area contributed by atoms with Gasteiger partial charge < -0.3 is 14.8 Å². The fourth-order valence-electron chi connectivity index (χ4n) is 3.11. The Balaban J connectivity index is 1.48. The lowest BCUT2D eigenvalue weighted by atomic mass is 9.95. The largest absolute Gasteiger partial charge is 0.478 e. The molecule has 1 aromatic carbocycles. The van der Waals surface area contributed by atoms with Gasteiger partial charge in [0, 0.05) is 11.6 Å². The standard InChI is InChI=1S/C20H23N3O4/c24-19(13-21-16-4-2-1-3-5-16)23-22-12-17-10-11-18(27-17)14-6-8-15(9-7-14)20(25)26/h6-12,16,21H,1-5,13H2,(H,23,24)(H,25,26)/b22-12-. The maximum atomic E-state index is 11.8. The quantitative estimate of drug-likeness (QED) is 0.514. The first kappa shape index (κ1) is 18.8. The number of carbonyl (C=O) groups is 2. The number of hydrogen-bond acceptors (Lipinski definition) is 5. The highest BCUT2D eigenvalue weighted by molar-refractivity contribution is 5.88. The summed E-state index contributed by atoms with van der Waals surface area (Å²) in [4.78, 5) is 22.7. The highest BCUT2D eigenvalue weighted by atomic mass is 16.4. The van der Waals surface area contributed by atoms with E-state index >= 15 is 0 Å². The monoisotopic (exact) mass is 369 g/mol. The summed E-state index contributed by atoms with van der Waals surface area (Å²) < 4.78 is 5.64. The molecule has 0 aliphatic heterocycles. The van der Waals surface area contributed by atoms with Gasteiger partial charge in [0.15, 0.2) is 0 Å². The number of carboxylic acid groups (broad SMARTS) is 1. The third kappa shape index (κ3) is 5.52. The molecule has 1 aliphatic carbocycles. The first-order chi connectivity index (χ1) is 13.1. The van der Waals surface area contributed by atoms with Crippen LogP contribution in [0.25, 0.3) is 11.3 Å². The van der Waals surface area contributed by atoms with Crippen LogP contribution in [0.4, 0.5) is 0 Å². The summed E-state index contributed by atoms with van der Waals surface area (Å²) >= 11 is 0. The van der Waals surface area contributed by atoms with Gasteiger partial charge in [-0.15, -0.1) is 0 Å². The van der Waals surface area contributed by atoms with Crippen LogP contribution in [0.3, 0.4) is 0 Å². The maximum Gasteiger partial charge on any atom is 0.335 e. The minimum absolute atomic E-state index is 0.187. The second-order valence-electron chi connectivity index (χ2n) is 6.59. The molecule has 7 nitrogen and oxygen atoms in total. The summed E-state index contributed by atoms with van der Waals surface area (Å²) in [6, 6.07) is 10.3. The molecule has 0 radical (unpaired) electrons. The topological polar surface area (TPSA) is 104 Å². The van der Waals surface area contributed by atoms with Crippen LogP contribution in [0.1, 0.15) is 48.2 Å². The van der Waals surface area contributed by atoms with Crippen molar-refractivity contribution in [1.29, 1.82) is 0 Å². The molecule has 1 aliphatic rings. The van der Waals surface area contributed by atoms with E-state index in [-0.39, 0.29) is 18.0 Å². The van der Waals surface area contributed by atoms with Gasteiger partial charge in [0.2, 0.25) is 0 Å². The highest BCUT2D eigenvalue weighted by Crippen LogP contribution is 2.22.